The van der Waals surface area contributed by atoms with Crippen molar-refractivity contribution >= 4 is 29.0 Å². The standard InChI is InChI=1S/C34H32N2O8/c1-15-20-18(16-10-6-4-7-11-16)14-19(17-12-8-5-9-13-17)27(37)22(20)28(38)23-21(15)29(39)25-26(36(2)3)30(40)24(33(35)43)32(42)34(25,44)31(23)41/h4-15,21,23-26,29,37,39,44H,1-3H3,(H2,35,43). The molecule has 5 N–H and O–H groups in total. The summed E-state index contributed by atoms with van der Waals surface area (Å²) in [4.78, 5) is 69.5. The van der Waals surface area contributed by atoms with Crippen LogP contribution in [0.25, 0.3) is 22.3 Å². The normalized spacial score (nSPS) is 31.4. The van der Waals surface area contributed by atoms with Crippen LogP contribution in [-0.4, -0.2) is 81.1 Å². The third kappa shape index (κ3) is 3.88. The molecule has 226 valence electrons. The highest BCUT2D eigenvalue weighted by Gasteiger charge is 2.73. The van der Waals surface area contributed by atoms with Gasteiger partial charge in [0.2, 0.25) is 5.91 Å². The van der Waals surface area contributed by atoms with Crippen molar-refractivity contribution in [1.82, 2.24) is 4.90 Å². The minimum Gasteiger partial charge on any atom is -0.507 e. The number of phenols is 1. The first-order chi connectivity index (χ1) is 20.8. The summed E-state index contributed by atoms with van der Waals surface area (Å²) < 4.78 is 0. The Bertz CT molecular complexity index is 1740. The fourth-order valence-electron chi connectivity index (χ4n) is 7.83. The molecule has 10 heteroatoms. The van der Waals surface area contributed by atoms with Crippen LogP contribution in [0.2, 0.25) is 0 Å². The number of carbonyl (C=O) groups excluding carboxylic acids is 5. The number of aliphatic hydroxyl groups is 2. The summed E-state index contributed by atoms with van der Waals surface area (Å²) in [5.74, 6) is -13.7. The zero-order valence-corrected chi connectivity index (χ0v) is 24.3. The van der Waals surface area contributed by atoms with E-state index in [1.807, 2.05) is 30.3 Å². The molecule has 3 aromatic carbocycles. The lowest BCUT2D eigenvalue weighted by Gasteiger charge is -2.56. The third-order valence-electron chi connectivity index (χ3n) is 9.75. The van der Waals surface area contributed by atoms with Crippen molar-refractivity contribution in [2.45, 2.75) is 30.6 Å². The fourth-order valence-corrected chi connectivity index (χ4v) is 7.83. The number of ketones is 4. The summed E-state index contributed by atoms with van der Waals surface area (Å²) in [6.45, 7) is 1.71. The van der Waals surface area contributed by atoms with Crippen molar-refractivity contribution in [3.05, 3.63) is 77.9 Å². The Morgan fingerprint density at radius 1 is 0.886 bits per heavy atom. The number of rotatable bonds is 4. The maximum atomic E-state index is 14.5. The van der Waals surface area contributed by atoms with Gasteiger partial charge in [-0.25, -0.2) is 0 Å². The predicted molar refractivity (Wildman–Crippen MR) is 158 cm³/mol. The van der Waals surface area contributed by atoms with Crippen molar-refractivity contribution < 1.29 is 39.3 Å². The van der Waals surface area contributed by atoms with E-state index >= 15 is 0 Å². The van der Waals surface area contributed by atoms with E-state index in [-0.39, 0.29) is 11.3 Å². The summed E-state index contributed by atoms with van der Waals surface area (Å²) in [7, 11) is 2.92. The van der Waals surface area contributed by atoms with E-state index in [1.165, 1.54) is 19.0 Å². The molecule has 6 rings (SSSR count). The molecule has 0 aliphatic heterocycles. The smallest absolute Gasteiger partial charge is 0.235 e. The summed E-state index contributed by atoms with van der Waals surface area (Å²) in [5, 5.41) is 35.6. The van der Waals surface area contributed by atoms with Gasteiger partial charge in [-0.3, -0.25) is 28.9 Å². The van der Waals surface area contributed by atoms with Crippen LogP contribution < -0.4 is 5.73 Å². The monoisotopic (exact) mass is 596 g/mol. The number of hydrogen-bond donors (Lipinski definition) is 4. The van der Waals surface area contributed by atoms with Gasteiger partial charge in [0.05, 0.1) is 29.5 Å². The molecule has 0 heterocycles. The molecule has 0 saturated heterocycles. The highest BCUT2D eigenvalue weighted by molar-refractivity contribution is 6.32. The molecule has 0 bridgehead atoms. The van der Waals surface area contributed by atoms with E-state index in [0.717, 1.165) is 5.56 Å². The fraction of sp³-hybridized carbons (Fsp3) is 0.324. The number of Topliss-reactive ketones (excluding diaryl/α,β-unsaturated/α-hetero) is 4. The van der Waals surface area contributed by atoms with Crippen LogP contribution >= 0.6 is 0 Å². The maximum Gasteiger partial charge on any atom is 0.235 e. The summed E-state index contributed by atoms with van der Waals surface area (Å²) in [6, 6.07) is 18.4. The highest BCUT2D eigenvalue weighted by atomic mass is 16.3. The molecule has 3 aliphatic rings. The van der Waals surface area contributed by atoms with Gasteiger partial charge in [0, 0.05) is 11.5 Å². The highest BCUT2D eigenvalue weighted by Crippen LogP contribution is 2.57. The maximum absolute atomic E-state index is 14.5. The van der Waals surface area contributed by atoms with E-state index in [9.17, 15) is 39.3 Å². The van der Waals surface area contributed by atoms with Gasteiger partial charge in [-0.15, -0.1) is 0 Å². The molecule has 3 aliphatic carbocycles. The Hall–Kier alpha value is -4.51. The van der Waals surface area contributed by atoms with Crippen LogP contribution in [0.4, 0.5) is 0 Å². The predicted octanol–water partition coefficient (Wildman–Crippen LogP) is 1.73. The summed E-state index contributed by atoms with van der Waals surface area (Å²) in [6.07, 6.45) is -1.71. The van der Waals surface area contributed by atoms with Crippen LogP contribution in [0.1, 0.15) is 28.8 Å². The number of fused-ring (bicyclic) bond motifs is 3. The Morgan fingerprint density at radius 2 is 1.43 bits per heavy atom. The molecule has 0 radical (unpaired) electrons. The minimum atomic E-state index is -3.05. The first-order valence-electron chi connectivity index (χ1n) is 14.4. The van der Waals surface area contributed by atoms with Crippen molar-refractivity contribution in [1.29, 1.82) is 0 Å². The summed E-state index contributed by atoms with van der Waals surface area (Å²) >= 11 is 0. The molecule has 0 aromatic heterocycles. The van der Waals surface area contributed by atoms with Crippen molar-refractivity contribution in [2.75, 3.05) is 14.1 Å². The topological polar surface area (TPSA) is 175 Å². The molecular weight excluding hydrogens is 564 g/mol. The summed E-state index contributed by atoms with van der Waals surface area (Å²) in [5.41, 5.74) is 4.88. The van der Waals surface area contributed by atoms with E-state index in [2.05, 4.69) is 0 Å². The first kappa shape index (κ1) is 29.6. The molecule has 0 spiro atoms. The van der Waals surface area contributed by atoms with Gasteiger partial charge < -0.3 is 21.1 Å². The molecular formula is C34H32N2O8. The van der Waals surface area contributed by atoms with Gasteiger partial charge in [0.15, 0.2) is 34.7 Å². The van der Waals surface area contributed by atoms with E-state index < -0.39 is 76.4 Å². The van der Waals surface area contributed by atoms with Gasteiger partial charge in [-0.05, 0) is 48.3 Å². The Kier molecular flexibility index (Phi) is 6.92. The van der Waals surface area contributed by atoms with Crippen LogP contribution in [0, 0.1) is 23.7 Å². The zero-order chi connectivity index (χ0) is 31.8. The molecule has 1 amide bonds. The second kappa shape index (κ2) is 10.3. The van der Waals surface area contributed by atoms with Crippen LogP contribution in [0.5, 0.6) is 5.75 Å². The van der Waals surface area contributed by atoms with Gasteiger partial charge >= 0.3 is 0 Å². The zero-order valence-electron chi connectivity index (χ0n) is 24.3. The molecule has 3 aromatic rings. The van der Waals surface area contributed by atoms with E-state index in [0.29, 0.717) is 22.3 Å². The number of carbonyl (C=O) groups is 5. The first-order valence-corrected chi connectivity index (χ1v) is 14.4. The van der Waals surface area contributed by atoms with Crippen LogP contribution in [-0.2, 0) is 19.2 Å². The van der Waals surface area contributed by atoms with Crippen molar-refractivity contribution in [2.24, 2.45) is 29.4 Å². The molecule has 8 unspecified atom stereocenters. The number of nitrogens with zero attached hydrogens (tertiary/aromatic N) is 1. The number of likely N-dealkylation sites (N-methyl/N-ethyl adjacent to an activating group) is 1. The van der Waals surface area contributed by atoms with Gasteiger partial charge in [-0.1, -0.05) is 67.6 Å². The van der Waals surface area contributed by atoms with Crippen molar-refractivity contribution in [3.8, 4) is 28.0 Å². The largest absolute Gasteiger partial charge is 0.507 e. The Balaban J connectivity index is 1.62. The Morgan fingerprint density at radius 3 is 1.95 bits per heavy atom. The average molecular weight is 597 g/mol. The lowest BCUT2D eigenvalue weighted by Crippen LogP contribution is -2.77. The van der Waals surface area contributed by atoms with Crippen molar-refractivity contribution in [3.63, 3.8) is 0 Å². The molecule has 8 atom stereocenters. The van der Waals surface area contributed by atoms with Gasteiger partial charge in [0.25, 0.3) is 0 Å². The van der Waals surface area contributed by atoms with E-state index in [4.69, 9.17) is 5.73 Å². The minimum absolute atomic E-state index is 0.142. The lowest BCUT2D eigenvalue weighted by molar-refractivity contribution is -0.196. The number of primary amides is 1. The molecule has 2 fully saturated rings. The van der Waals surface area contributed by atoms with Gasteiger partial charge in [-0.2, -0.15) is 0 Å². The molecule has 10 nitrogen and oxygen atoms in total. The average Bonchev–Trinajstić information content (AvgIpc) is 2.99. The number of amides is 1. The second-order valence-electron chi connectivity index (χ2n) is 12.2. The SMILES string of the molecule is CC1c2c(-c3ccccc3)cc(-c3ccccc3)c(O)c2C(=O)C2C(=O)C3(O)C(=O)C(C(N)=O)C(=O)C(N(C)C)C3C(O)C21. The number of benzene rings is 3. The quantitative estimate of drug-likeness (QED) is 0.327. The lowest BCUT2D eigenvalue weighted by atomic mass is 9.49. The third-order valence-corrected chi connectivity index (χ3v) is 9.75. The van der Waals surface area contributed by atoms with Crippen LogP contribution in [0.3, 0.4) is 0 Å². The molecule has 44 heavy (non-hydrogen) atoms. The second-order valence-corrected chi connectivity index (χ2v) is 12.2. The van der Waals surface area contributed by atoms with Crippen LogP contribution in [0.15, 0.2) is 66.7 Å². The van der Waals surface area contributed by atoms with Gasteiger partial charge in [0.1, 0.15) is 5.75 Å². The number of hydrogen-bond acceptors (Lipinski definition) is 9. The number of aromatic hydroxyl groups is 1. The number of aliphatic hydroxyl groups excluding tert-OH is 1. The number of phenolic OH excluding ortho intramolecular Hbond substituents is 1. The number of nitrogens with two attached hydrogens (primary N) is 1. The van der Waals surface area contributed by atoms with E-state index in [1.54, 1.807) is 43.3 Å². The Labute approximate surface area is 253 Å². The molecule has 2 saturated carbocycles.